The Bertz CT molecular complexity index is 574. The Morgan fingerprint density at radius 3 is 2.25 bits per heavy atom. The number of carbonyl (C=O) groups is 3. The van der Waals surface area contributed by atoms with Crippen molar-refractivity contribution in [2.24, 2.45) is 28.9 Å². The molecule has 1 amide bonds. The number of piperidine rings is 1. The Kier molecular flexibility index (Phi) is 4.45. The van der Waals surface area contributed by atoms with Crippen LogP contribution in [-0.4, -0.2) is 47.6 Å². The molecule has 1 saturated carbocycles. The number of nitrogens with zero attached hydrogens (tertiary/aromatic N) is 1. The average Bonchev–Trinajstić information content (AvgIpc) is 2.84. The van der Waals surface area contributed by atoms with Crippen molar-refractivity contribution < 1.29 is 32.3 Å². The molecule has 1 aliphatic carbocycles. The predicted octanol–water partition coefficient (Wildman–Crippen LogP) is 1.08. The lowest BCUT2D eigenvalue weighted by Crippen LogP contribution is -2.53. The SMILES string of the molecule is CC(C)[C@H](N)C(=O)N1C[C@H]2[C@@H]([C@H]1C(=O)OC(=O)C(F)(F)F)C2(C)C. The first kappa shape index (κ1) is 18.7. The first-order valence-electron chi connectivity index (χ1n) is 7.69. The summed E-state index contributed by atoms with van der Waals surface area (Å²) < 4.78 is 40.9. The summed E-state index contributed by atoms with van der Waals surface area (Å²) in [6.07, 6.45) is -5.27. The van der Waals surface area contributed by atoms with E-state index in [1.165, 1.54) is 0 Å². The topological polar surface area (TPSA) is 89.7 Å². The number of nitrogens with two attached hydrogens (primary N) is 1. The lowest BCUT2D eigenvalue weighted by molar-refractivity contribution is -0.203. The number of amides is 1. The lowest BCUT2D eigenvalue weighted by atomic mass is 9.98. The molecule has 24 heavy (non-hydrogen) atoms. The Morgan fingerprint density at radius 1 is 1.25 bits per heavy atom. The maximum absolute atomic E-state index is 12.4. The Hall–Kier alpha value is -1.64. The number of fused-ring (bicyclic) bond motifs is 1. The van der Waals surface area contributed by atoms with Gasteiger partial charge in [0.05, 0.1) is 6.04 Å². The van der Waals surface area contributed by atoms with Crippen molar-refractivity contribution in [3.8, 4) is 0 Å². The minimum absolute atomic E-state index is 0.0284. The molecule has 136 valence electrons. The molecule has 9 heteroatoms. The van der Waals surface area contributed by atoms with Crippen LogP contribution in [0.4, 0.5) is 13.2 Å². The van der Waals surface area contributed by atoms with Crippen molar-refractivity contribution in [1.82, 2.24) is 4.90 Å². The van der Waals surface area contributed by atoms with Gasteiger partial charge in [-0.3, -0.25) is 4.79 Å². The van der Waals surface area contributed by atoms with Gasteiger partial charge in [-0.05, 0) is 17.3 Å². The van der Waals surface area contributed by atoms with E-state index in [1.807, 2.05) is 13.8 Å². The van der Waals surface area contributed by atoms with Gasteiger partial charge in [0.15, 0.2) is 0 Å². The summed E-state index contributed by atoms with van der Waals surface area (Å²) in [5, 5.41) is 0. The number of esters is 2. The van der Waals surface area contributed by atoms with Crippen LogP contribution in [0.5, 0.6) is 0 Å². The number of alkyl halides is 3. The zero-order valence-corrected chi connectivity index (χ0v) is 13.9. The van der Waals surface area contributed by atoms with E-state index >= 15 is 0 Å². The molecule has 1 heterocycles. The van der Waals surface area contributed by atoms with Gasteiger partial charge in [0.1, 0.15) is 6.04 Å². The second kappa shape index (κ2) is 5.72. The van der Waals surface area contributed by atoms with Gasteiger partial charge in [-0.25, -0.2) is 9.59 Å². The number of ether oxygens (including phenoxy) is 1. The molecular weight excluding hydrogens is 329 g/mol. The molecule has 1 saturated heterocycles. The second-order valence-electron chi connectivity index (χ2n) is 7.37. The van der Waals surface area contributed by atoms with Gasteiger partial charge >= 0.3 is 18.1 Å². The third kappa shape index (κ3) is 3.01. The third-order valence-corrected chi connectivity index (χ3v) is 5.16. The first-order chi connectivity index (χ1) is 10.8. The molecule has 0 unspecified atom stereocenters. The molecule has 2 rings (SSSR count). The van der Waals surface area contributed by atoms with E-state index in [-0.39, 0.29) is 29.7 Å². The van der Waals surface area contributed by atoms with Gasteiger partial charge in [-0.2, -0.15) is 13.2 Å². The molecule has 0 bridgehead atoms. The minimum atomic E-state index is -5.27. The van der Waals surface area contributed by atoms with E-state index < -0.39 is 36.1 Å². The summed E-state index contributed by atoms with van der Waals surface area (Å²) in [5.74, 6) is -5.01. The number of carbonyl (C=O) groups excluding carboxylic acids is 3. The van der Waals surface area contributed by atoms with Gasteiger partial charge in [0.2, 0.25) is 5.91 Å². The van der Waals surface area contributed by atoms with Gasteiger partial charge in [0.25, 0.3) is 0 Å². The van der Waals surface area contributed by atoms with Crippen LogP contribution in [0.15, 0.2) is 0 Å². The number of hydrogen-bond donors (Lipinski definition) is 1. The van der Waals surface area contributed by atoms with E-state index in [9.17, 15) is 27.6 Å². The van der Waals surface area contributed by atoms with Crippen LogP contribution in [0.3, 0.4) is 0 Å². The Balaban J connectivity index is 2.20. The fraction of sp³-hybridized carbons (Fsp3) is 0.800. The van der Waals surface area contributed by atoms with Crippen molar-refractivity contribution in [3.63, 3.8) is 0 Å². The summed E-state index contributed by atoms with van der Waals surface area (Å²) in [6.45, 7) is 7.39. The summed E-state index contributed by atoms with van der Waals surface area (Å²) in [4.78, 5) is 36.7. The van der Waals surface area contributed by atoms with Crippen LogP contribution >= 0.6 is 0 Å². The van der Waals surface area contributed by atoms with Crippen LogP contribution < -0.4 is 5.73 Å². The fourth-order valence-electron chi connectivity index (χ4n) is 3.47. The summed E-state index contributed by atoms with van der Waals surface area (Å²) in [7, 11) is 0. The zero-order valence-electron chi connectivity index (χ0n) is 13.9. The van der Waals surface area contributed by atoms with E-state index in [4.69, 9.17) is 5.73 Å². The molecule has 0 aromatic heterocycles. The van der Waals surface area contributed by atoms with Crippen molar-refractivity contribution in [3.05, 3.63) is 0 Å². The predicted molar refractivity (Wildman–Crippen MR) is 76.2 cm³/mol. The summed E-state index contributed by atoms with van der Waals surface area (Å²) >= 11 is 0. The smallest absolute Gasteiger partial charge is 0.385 e. The maximum Gasteiger partial charge on any atom is 0.491 e. The second-order valence-corrected chi connectivity index (χ2v) is 7.37. The molecule has 0 radical (unpaired) electrons. The number of rotatable bonds is 3. The van der Waals surface area contributed by atoms with Crippen molar-refractivity contribution in [2.45, 2.75) is 46.0 Å². The zero-order chi connectivity index (χ0) is 18.6. The third-order valence-electron chi connectivity index (χ3n) is 5.16. The van der Waals surface area contributed by atoms with Crippen molar-refractivity contribution in [1.29, 1.82) is 0 Å². The highest BCUT2D eigenvalue weighted by Crippen LogP contribution is 2.65. The molecule has 0 aromatic rings. The highest BCUT2D eigenvalue weighted by Gasteiger charge is 2.70. The van der Waals surface area contributed by atoms with Crippen molar-refractivity contribution in [2.75, 3.05) is 6.54 Å². The molecule has 0 aromatic carbocycles. The van der Waals surface area contributed by atoms with E-state index in [0.717, 1.165) is 4.90 Å². The van der Waals surface area contributed by atoms with E-state index in [1.54, 1.807) is 13.8 Å². The van der Waals surface area contributed by atoms with E-state index in [2.05, 4.69) is 4.74 Å². The van der Waals surface area contributed by atoms with Gasteiger partial charge in [0, 0.05) is 12.5 Å². The monoisotopic (exact) mass is 350 g/mol. The molecule has 2 fully saturated rings. The minimum Gasteiger partial charge on any atom is -0.385 e. The number of likely N-dealkylation sites (tertiary alicyclic amines) is 1. The van der Waals surface area contributed by atoms with Crippen LogP contribution in [-0.2, 0) is 19.1 Å². The molecule has 2 aliphatic rings. The van der Waals surface area contributed by atoms with Gasteiger partial charge < -0.3 is 15.4 Å². The van der Waals surface area contributed by atoms with Crippen LogP contribution in [0.2, 0.25) is 0 Å². The molecule has 4 atom stereocenters. The molecular formula is C15H21F3N2O4. The van der Waals surface area contributed by atoms with E-state index in [0.29, 0.717) is 0 Å². The molecule has 2 N–H and O–H groups in total. The average molecular weight is 350 g/mol. The van der Waals surface area contributed by atoms with Gasteiger partial charge in [-0.15, -0.1) is 0 Å². The Labute approximate surface area is 137 Å². The van der Waals surface area contributed by atoms with Crippen LogP contribution in [0, 0.1) is 23.2 Å². The molecule has 0 spiro atoms. The molecule has 6 nitrogen and oxygen atoms in total. The van der Waals surface area contributed by atoms with Gasteiger partial charge in [-0.1, -0.05) is 27.7 Å². The van der Waals surface area contributed by atoms with Crippen LogP contribution in [0.25, 0.3) is 0 Å². The maximum atomic E-state index is 12.4. The number of halogens is 3. The molecule has 1 aliphatic heterocycles. The van der Waals surface area contributed by atoms with Crippen LogP contribution in [0.1, 0.15) is 27.7 Å². The summed E-state index contributed by atoms with van der Waals surface area (Å²) in [6, 6.07) is -2.09. The quantitative estimate of drug-likeness (QED) is 0.608. The number of hydrogen-bond acceptors (Lipinski definition) is 5. The lowest BCUT2D eigenvalue weighted by Gasteiger charge is -2.32. The largest absolute Gasteiger partial charge is 0.491 e. The standard InChI is InChI=1S/C15H21F3N2O4/c1-6(2)9(19)11(21)20-5-7-8(14(7,3)4)10(20)12(22)24-13(23)15(16,17)18/h6-10H,5,19H2,1-4H3/t7-,8-,9-,10-/m0/s1. The fourth-order valence-corrected chi connectivity index (χ4v) is 3.47. The Morgan fingerprint density at radius 2 is 1.79 bits per heavy atom. The summed E-state index contributed by atoms with van der Waals surface area (Å²) in [5.41, 5.74) is 5.51. The highest BCUT2D eigenvalue weighted by atomic mass is 19.4. The highest BCUT2D eigenvalue weighted by molar-refractivity contribution is 5.95. The first-order valence-corrected chi connectivity index (χ1v) is 7.69. The van der Waals surface area contributed by atoms with Crippen molar-refractivity contribution >= 4 is 17.8 Å². The normalized spacial score (nSPS) is 29.2.